The molecule has 0 radical (unpaired) electrons. The average molecular weight is 336 g/mol. The molecule has 1 heterocycles. The van der Waals surface area contributed by atoms with Crippen LogP contribution in [0.25, 0.3) is 0 Å². The number of hydrogen-bond donors (Lipinski definition) is 2. The van der Waals surface area contributed by atoms with Gasteiger partial charge in [-0.3, -0.25) is 14.4 Å². The van der Waals surface area contributed by atoms with Gasteiger partial charge >= 0.3 is 5.97 Å². The molecule has 2 saturated carbocycles. The molecule has 0 aromatic carbocycles. The Morgan fingerprint density at radius 3 is 2.04 bits per heavy atom. The molecule has 3 aliphatic rings. The molecule has 0 aromatic rings. The molecule has 6 nitrogen and oxygen atoms in total. The minimum Gasteiger partial charge on any atom is -0.480 e. The first-order valence-electron chi connectivity index (χ1n) is 9.36. The van der Waals surface area contributed by atoms with E-state index in [0.29, 0.717) is 25.9 Å². The minimum absolute atomic E-state index is 0.116. The summed E-state index contributed by atoms with van der Waals surface area (Å²) in [5.41, 5.74) is -1.17. The highest BCUT2D eigenvalue weighted by molar-refractivity contribution is 6.02. The molecule has 134 valence electrons. The van der Waals surface area contributed by atoms with Crippen molar-refractivity contribution < 1.29 is 19.5 Å². The normalized spacial score (nSPS) is 24.9. The molecule has 6 heteroatoms. The van der Waals surface area contributed by atoms with Crippen LogP contribution < -0.4 is 5.32 Å². The van der Waals surface area contributed by atoms with Crippen molar-refractivity contribution in [1.29, 1.82) is 0 Å². The van der Waals surface area contributed by atoms with Crippen LogP contribution >= 0.6 is 0 Å². The van der Waals surface area contributed by atoms with Gasteiger partial charge in [0, 0.05) is 25.0 Å². The third-order valence-corrected chi connectivity index (χ3v) is 6.13. The summed E-state index contributed by atoms with van der Waals surface area (Å²) in [7, 11) is 0. The van der Waals surface area contributed by atoms with Gasteiger partial charge in [0.1, 0.15) is 5.41 Å². The predicted molar refractivity (Wildman–Crippen MR) is 88.2 cm³/mol. The SMILES string of the molecule is O=C(NC1CCN(C(=O)C2(C(=O)O)CCC2)CC1)C1CCCCC1. The van der Waals surface area contributed by atoms with Crippen molar-refractivity contribution in [3.05, 3.63) is 0 Å². The molecule has 2 aliphatic carbocycles. The van der Waals surface area contributed by atoms with Crippen LogP contribution in [-0.4, -0.2) is 46.9 Å². The zero-order valence-electron chi connectivity index (χ0n) is 14.3. The number of carbonyl (C=O) groups is 3. The van der Waals surface area contributed by atoms with Gasteiger partial charge in [-0.25, -0.2) is 0 Å². The first-order chi connectivity index (χ1) is 11.5. The number of carboxylic acid groups (broad SMARTS) is 1. The number of carboxylic acids is 1. The number of nitrogens with one attached hydrogen (secondary N) is 1. The lowest BCUT2D eigenvalue weighted by atomic mass is 9.67. The van der Waals surface area contributed by atoms with Gasteiger partial charge < -0.3 is 15.3 Å². The summed E-state index contributed by atoms with van der Waals surface area (Å²) < 4.78 is 0. The highest BCUT2D eigenvalue weighted by Crippen LogP contribution is 2.43. The number of rotatable bonds is 4. The van der Waals surface area contributed by atoms with E-state index >= 15 is 0 Å². The second kappa shape index (κ2) is 7.11. The molecule has 0 spiro atoms. The van der Waals surface area contributed by atoms with Gasteiger partial charge in [-0.15, -0.1) is 0 Å². The second-order valence-corrected chi connectivity index (χ2v) is 7.65. The molecular weight excluding hydrogens is 308 g/mol. The van der Waals surface area contributed by atoms with Crippen molar-refractivity contribution >= 4 is 17.8 Å². The number of likely N-dealkylation sites (tertiary alicyclic amines) is 1. The van der Waals surface area contributed by atoms with Crippen LogP contribution in [0.5, 0.6) is 0 Å². The van der Waals surface area contributed by atoms with Crippen LogP contribution in [0.4, 0.5) is 0 Å². The maximum Gasteiger partial charge on any atom is 0.319 e. The fourth-order valence-corrected chi connectivity index (χ4v) is 4.26. The summed E-state index contributed by atoms with van der Waals surface area (Å²) in [6, 6.07) is 0.116. The Hall–Kier alpha value is -1.59. The van der Waals surface area contributed by atoms with Gasteiger partial charge in [-0.2, -0.15) is 0 Å². The first-order valence-corrected chi connectivity index (χ1v) is 9.36. The summed E-state index contributed by atoms with van der Waals surface area (Å²) in [5, 5.41) is 12.5. The number of carbonyl (C=O) groups excluding carboxylic acids is 2. The smallest absolute Gasteiger partial charge is 0.319 e. The third kappa shape index (κ3) is 3.28. The summed E-state index contributed by atoms with van der Waals surface area (Å²) in [4.78, 5) is 38.1. The van der Waals surface area contributed by atoms with Crippen LogP contribution in [-0.2, 0) is 14.4 Å². The van der Waals surface area contributed by atoms with E-state index in [1.807, 2.05) is 0 Å². The summed E-state index contributed by atoms with van der Waals surface area (Å²) in [6.45, 7) is 1.09. The standard InChI is InChI=1S/C18H28N2O4/c21-15(13-5-2-1-3-6-13)19-14-7-11-20(12-8-14)16(22)18(17(23)24)9-4-10-18/h13-14H,1-12H2,(H,19,21)(H,23,24). The van der Waals surface area contributed by atoms with Gasteiger partial charge in [-0.05, 0) is 38.5 Å². The average Bonchev–Trinajstić information content (AvgIpc) is 2.55. The zero-order valence-corrected chi connectivity index (χ0v) is 14.3. The molecule has 2 amide bonds. The second-order valence-electron chi connectivity index (χ2n) is 7.65. The van der Waals surface area contributed by atoms with E-state index in [-0.39, 0.29) is 23.8 Å². The van der Waals surface area contributed by atoms with Crippen LogP contribution in [0.3, 0.4) is 0 Å². The Morgan fingerprint density at radius 2 is 1.54 bits per heavy atom. The Bertz CT molecular complexity index is 501. The number of amides is 2. The molecule has 0 aromatic heterocycles. The quantitative estimate of drug-likeness (QED) is 0.768. The fraction of sp³-hybridized carbons (Fsp3) is 0.833. The molecule has 1 saturated heterocycles. The van der Waals surface area contributed by atoms with Crippen LogP contribution in [0.2, 0.25) is 0 Å². The van der Waals surface area contributed by atoms with E-state index in [1.54, 1.807) is 4.90 Å². The van der Waals surface area contributed by atoms with Crippen molar-refractivity contribution in [2.45, 2.75) is 70.3 Å². The van der Waals surface area contributed by atoms with Gasteiger partial charge in [-0.1, -0.05) is 25.7 Å². The van der Waals surface area contributed by atoms with Gasteiger partial charge in [0.2, 0.25) is 11.8 Å². The van der Waals surface area contributed by atoms with E-state index in [4.69, 9.17) is 0 Å². The third-order valence-electron chi connectivity index (χ3n) is 6.13. The molecule has 0 unspecified atom stereocenters. The van der Waals surface area contributed by atoms with Gasteiger partial charge in [0.05, 0.1) is 0 Å². The lowest BCUT2D eigenvalue weighted by Gasteiger charge is -2.42. The van der Waals surface area contributed by atoms with Crippen molar-refractivity contribution in [2.24, 2.45) is 11.3 Å². The summed E-state index contributed by atoms with van der Waals surface area (Å²) >= 11 is 0. The Labute approximate surface area is 143 Å². The van der Waals surface area contributed by atoms with Crippen LogP contribution in [0.1, 0.15) is 64.2 Å². The number of piperidine rings is 1. The first kappa shape index (κ1) is 17.2. The van der Waals surface area contributed by atoms with Gasteiger partial charge in [0.15, 0.2) is 0 Å². The van der Waals surface area contributed by atoms with E-state index in [0.717, 1.165) is 44.9 Å². The topological polar surface area (TPSA) is 86.7 Å². The Morgan fingerprint density at radius 1 is 0.917 bits per heavy atom. The number of aliphatic carboxylic acids is 1. The zero-order chi connectivity index (χ0) is 17.2. The lowest BCUT2D eigenvalue weighted by Crippen LogP contribution is -2.56. The van der Waals surface area contributed by atoms with Gasteiger partial charge in [0.25, 0.3) is 0 Å². The highest BCUT2D eigenvalue weighted by atomic mass is 16.4. The van der Waals surface area contributed by atoms with Crippen molar-refractivity contribution in [3.63, 3.8) is 0 Å². The fourth-order valence-electron chi connectivity index (χ4n) is 4.26. The van der Waals surface area contributed by atoms with E-state index in [1.165, 1.54) is 6.42 Å². The van der Waals surface area contributed by atoms with Crippen molar-refractivity contribution in [3.8, 4) is 0 Å². The maximum atomic E-state index is 12.6. The Kier molecular flexibility index (Phi) is 5.11. The van der Waals surface area contributed by atoms with E-state index < -0.39 is 11.4 Å². The molecule has 0 atom stereocenters. The minimum atomic E-state index is -1.17. The molecular formula is C18H28N2O4. The van der Waals surface area contributed by atoms with Crippen LogP contribution in [0.15, 0.2) is 0 Å². The summed E-state index contributed by atoms with van der Waals surface area (Å²) in [6.07, 6.45) is 8.67. The lowest BCUT2D eigenvalue weighted by molar-refractivity contribution is -0.168. The monoisotopic (exact) mass is 336 g/mol. The van der Waals surface area contributed by atoms with Crippen molar-refractivity contribution in [1.82, 2.24) is 10.2 Å². The van der Waals surface area contributed by atoms with Crippen LogP contribution in [0, 0.1) is 11.3 Å². The predicted octanol–water partition coefficient (Wildman–Crippen LogP) is 1.93. The number of hydrogen-bond acceptors (Lipinski definition) is 3. The van der Waals surface area contributed by atoms with E-state index in [9.17, 15) is 19.5 Å². The highest BCUT2D eigenvalue weighted by Gasteiger charge is 2.53. The Balaban J connectivity index is 1.48. The largest absolute Gasteiger partial charge is 0.480 e. The molecule has 3 rings (SSSR count). The molecule has 3 fully saturated rings. The van der Waals surface area contributed by atoms with Crippen molar-refractivity contribution in [2.75, 3.05) is 13.1 Å². The summed E-state index contributed by atoms with van der Waals surface area (Å²) in [5.74, 6) is -0.881. The molecule has 1 aliphatic heterocycles. The molecule has 0 bridgehead atoms. The molecule has 24 heavy (non-hydrogen) atoms. The maximum absolute atomic E-state index is 12.6. The molecule has 2 N–H and O–H groups in total. The number of nitrogens with zero attached hydrogens (tertiary/aromatic N) is 1. The van der Waals surface area contributed by atoms with E-state index in [2.05, 4.69) is 5.32 Å².